The molecule has 5 amide bonds. The largest absolute Gasteiger partial charge is 0.406 e. The first-order valence-corrected chi connectivity index (χ1v) is 13.2. The first kappa shape index (κ1) is 27.2. The van der Waals surface area contributed by atoms with Crippen LogP contribution in [0.2, 0.25) is 0 Å². The number of aliphatic imine (C=N–C) groups is 1. The highest BCUT2D eigenvalue weighted by atomic mass is 19.4. The molecule has 1 aliphatic carbocycles. The normalized spacial score (nSPS) is 21.6. The van der Waals surface area contributed by atoms with Crippen LogP contribution in [-0.4, -0.2) is 53.9 Å². The van der Waals surface area contributed by atoms with Crippen LogP contribution in [0.3, 0.4) is 0 Å². The zero-order valence-corrected chi connectivity index (χ0v) is 22.0. The SMILES string of the molecule is O=C1NC(=O)C2(CCc3cc(C(=O)N[C@@H]4N=C(c5ccccc5)c5ccccc5N(CC(F)(F)F)C4=O)ccc3C2)N1. The van der Waals surface area contributed by atoms with Gasteiger partial charge in [-0.15, -0.1) is 0 Å². The fourth-order valence-corrected chi connectivity index (χ4v) is 5.66. The first-order chi connectivity index (χ1) is 20.0. The molecule has 3 aromatic carbocycles. The van der Waals surface area contributed by atoms with Gasteiger partial charge in [-0.25, -0.2) is 9.79 Å². The third kappa shape index (κ3) is 5.00. The molecule has 2 heterocycles. The third-order valence-electron chi connectivity index (χ3n) is 7.66. The van der Waals surface area contributed by atoms with Crippen molar-refractivity contribution in [3.8, 4) is 0 Å². The van der Waals surface area contributed by atoms with E-state index in [2.05, 4.69) is 20.9 Å². The summed E-state index contributed by atoms with van der Waals surface area (Å²) in [7, 11) is 0. The Labute approximate surface area is 237 Å². The summed E-state index contributed by atoms with van der Waals surface area (Å²) < 4.78 is 41.0. The van der Waals surface area contributed by atoms with Crippen LogP contribution in [0.4, 0.5) is 23.7 Å². The number of halogens is 3. The number of carbonyl (C=O) groups excluding carboxylic acids is 4. The van der Waals surface area contributed by atoms with Crippen molar-refractivity contribution in [1.82, 2.24) is 16.0 Å². The van der Waals surface area contributed by atoms with Crippen molar-refractivity contribution in [1.29, 1.82) is 0 Å². The molecule has 3 aromatic rings. The Morgan fingerprint density at radius 2 is 1.74 bits per heavy atom. The fraction of sp³-hybridized carbons (Fsp3) is 0.233. The average Bonchev–Trinajstić information content (AvgIpc) is 3.18. The monoisotopic (exact) mass is 575 g/mol. The van der Waals surface area contributed by atoms with E-state index in [1.165, 1.54) is 18.2 Å². The van der Waals surface area contributed by atoms with Crippen LogP contribution in [0.25, 0.3) is 0 Å². The average molecular weight is 576 g/mol. The van der Waals surface area contributed by atoms with Crippen LogP contribution < -0.4 is 20.9 Å². The standard InChI is InChI=1S/C30H24F3N5O4/c31-30(32,33)16-38-22-9-5-4-8-21(22)23(17-6-2-1-3-7-17)34-24(26(38)40)35-25(39)19-10-11-20-15-29(13-12-18(20)14-19)27(41)36-28(42)37-29/h1-11,14,24H,12-13,15-16H2,(H,35,39)(H2,36,37,41,42)/t24-,29?/m0/s1. The maximum atomic E-state index is 13.7. The molecule has 0 radical (unpaired) electrons. The number of amides is 5. The van der Waals surface area contributed by atoms with Gasteiger partial charge in [0.15, 0.2) is 0 Å². The van der Waals surface area contributed by atoms with E-state index in [0.29, 0.717) is 28.9 Å². The van der Waals surface area contributed by atoms with Gasteiger partial charge in [-0.2, -0.15) is 13.2 Å². The number of imide groups is 1. The molecule has 1 saturated heterocycles. The number of alkyl halides is 3. The smallest absolute Gasteiger partial charge is 0.323 e. The first-order valence-electron chi connectivity index (χ1n) is 13.2. The molecule has 3 N–H and O–H groups in total. The molecule has 2 aliphatic heterocycles. The zero-order chi connectivity index (χ0) is 29.6. The van der Waals surface area contributed by atoms with E-state index in [0.717, 1.165) is 11.1 Å². The Kier molecular flexibility index (Phi) is 6.55. The molecule has 2 atom stereocenters. The highest BCUT2D eigenvalue weighted by molar-refractivity contribution is 6.20. The molecule has 1 unspecified atom stereocenters. The quantitative estimate of drug-likeness (QED) is 0.414. The molecule has 0 bridgehead atoms. The van der Waals surface area contributed by atoms with Crippen molar-refractivity contribution >= 4 is 35.2 Å². The minimum atomic E-state index is -4.71. The van der Waals surface area contributed by atoms with Gasteiger partial charge in [0.1, 0.15) is 12.1 Å². The molecule has 214 valence electrons. The van der Waals surface area contributed by atoms with E-state index >= 15 is 0 Å². The molecular weight excluding hydrogens is 551 g/mol. The number of carbonyl (C=O) groups is 4. The maximum Gasteiger partial charge on any atom is 0.406 e. The van der Waals surface area contributed by atoms with Crippen LogP contribution in [0.15, 0.2) is 77.8 Å². The van der Waals surface area contributed by atoms with Crippen molar-refractivity contribution < 1.29 is 32.3 Å². The summed E-state index contributed by atoms with van der Waals surface area (Å²) in [6.07, 6.45) is -5.37. The number of hydrogen-bond donors (Lipinski definition) is 3. The van der Waals surface area contributed by atoms with E-state index in [1.54, 1.807) is 54.6 Å². The molecule has 6 rings (SSSR count). The van der Waals surface area contributed by atoms with Gasteiger partial charge in [0.25, 0.3) is 17.7 Å². The van der Waals surface area contributed by atoms with Crippen LogP contribution in [0.5, 0.6) is 0 Å². The second-order valence-corrected chi connectivity index (χ2v) is 10.4. The fourth-order valence-electron chi connectivity index (χ4n) is 5.66. The van der Waals surface area contributed by atoms with Gasteiger partial charge < -0.3 is 10.6 Å². The maximum absolute atomic E-state index is 13.7. The lowest BCUT2D eigenvalue weighted by atomic mass is 9.77. The van der Waals surface area contributed by atoms with Crippen LogP contribution >= 0.6 is 0 Å². The number of aryl methyl sites for hydroxylation is 1. The molecule has 0 aromatic heterocycles. The number of rotatable bonds is 4. The van der Waals surface area contributed by atoms with Gasteiger partial charge in [-0.1, -0.05) is 54.6 Å². The molecule has 9 nitrogen and oxygen atoms in total. The van der Waals surface area contributed by atoms with Crippen LogP contribution in [0, 0.1) is 0 Å². The highest BCUT2D eigenvalue weighted by Crippen LogP contribution is 2.33. The molecule has 42 heavy (non-hydrogen) atoms. The number of benzene rings is 3. The number of fused-ring (bicyclic) bond motifs is 2. The molecule has 3 aliphatic rings. The zero-order valence-electron chi connectivity index (χ0n) is 22.0. The molecule has 1 fully saturated rings. The predicted octanol–water partition coefficient (Wildman–Crippen LogP) is 3.26. The van der Waals surface area contributed by atoms with Gasteiger partial charge in [-0.3, -0.25) is 24.6 Å². The minimum Gasteiger partial charge on any atom is -0.323 e. The number of anilines is 1. The Balaban J connectivity index is 1.33. The highest BCUT2D eigenvalue weighted by Gasteiger charge is 2.48. The molecule has 1 spiro atoms. The van der Waals surface area contributed by atoms with Crippen molar-refractivity contribution in [2.24, 2.45) is 4.99 Å². The van der Waals surface area contributed by atoms with Crippen molar-refractivity contribution in [2.75, 3.05) is 11.4 Å². The Morgan fingerprint density at radius 3 is 2.45 bits per heavy atom. The lowest BCUT2D eigenvalue weighted by Gasteiger charge is -2.32. The summed E-state index contributed by atoms with van der Waals surface area (Å²) >= 11 is 0. The summed E-state index contributed by atoms with van der Waals surface area (Å²) in [5.74, 6) is -2.12. The van der Waals surface area contributed by atoms with Crippen molar-refractivity contribution in [3.05, 3.63) is 101 Å². The summed E-state index contributed by atoms with van der Waals surface area (Å²) in [5, 5.41) is 7.49. The Bertz CT molecular complexity index is 1660. The number of nitrogens with one attached hydrogen (secondary N) is 3. The number of nitrogens with zero attached hydrogens (tertiary/aromatic N) is 2. The van der Waals surface area contributed by atoms with Gasteiger partial charge in [0.05, 0.1) is 11.4 Å². The van der Waals surface area contributed by atoms with Crippen molar-refractivity contribution in [3.63, 3.8) is 0 Å². The molecular formula is C30H24F3N5O4. The second-order valence-electron chi connectivity index (χ2n) is 10.4. The summed E-state index contributed by atoms with van der Waals surface area (Å²) in [4.78, 5) is 56.2. The van der Waals surface area contributed by atoms with Crippen LogP contribution in [-0.2, 0) is 22.4 Å². The number of hydrogen-bond acceptors (Lipinski definition) is 5. The minimum absolute atomic E-state index is 0.0323. The molecule has 0 saturated carbocycles. The van der Waals surface area contributed by atoms with E-state index in [1.807, 2.05) is 0 Å². The topological polar surface area (TPSA) is 120 Å². The van der Waals surface area contributed by atoms with Crippen molar-refractivity contribution in [2.45, 2.75) is 37.1 Å². The lowest BCUT2D eigenvalue weighted by Crippen LogP contribution is -2.51. The Hall–Kier alpha value is -5.00. The number of para-hydroxylation sites is 1. The van der Waals surface area contributed by atoms with E-state index < -0.39 is 48.2 Å². The van der Waals surface area contributed by atoms with Gasteiger partial charge in [0.2, 0.25) is 6.17 Å². The van der Waals surface area contributed by atoms with Crippen LogP contribution in [0.1, 0.15) is 39.0 Å². The van der Waals surface area contributed by atoms with Gasteiger partial charge in [0, 0.05) is 23.1 Å². The number of urea groups is 1. The van der Waals surface area contributed by atoms with Gasteiger partial charge >= 0.3 is 12.2 Å². The Morgan fingerprint density at radius 1 is 1.00 bits per heavy atom. The predicted molar refractivity (Wildman–Crippen MR) is 146 cm³/mol. The van der Waals surface area contributed by atoms with E-state index in [9.17, 15) is 32.3 Å². The third-order valence-corrected chi connectivity index (χ3v) is 7.66. The summed E-state index contributed by atoms with van der Waals surface area (Å²) in [5.41, 5.74) is 1.89. The summed E-state index contributed by atoms with van der Waals surface area (Å²) in [6.45, 7) is -1.56. The molecule has 12 heteroatoms. The van der Waals surface area contributed by atoms with E-state index in [4.69, 9.17) is 0 Å². The summed E-state index contributed by atoms with van der Waals surface area (Å²) in [6, 6.07) is 19.1. The number of benzodiazepines with no additional fused rings is 1. The lowest BCUT2D eigenvalue weighted by molar-refractivity contribution is -0.133. The van der Waals surface area contributed by atoms with Gasteiger partial charge in [-0.05, 0) is 42.2 Å². The van der Waals surface area contributed by atoms with E-state index in [-0.39, 0.29) is 23.4 Å². The second kappa shape index (κ2) is 10.1.